The maximum absolute atomic E-state index is 11.1. The zero-order valence-corrected chi connectivity index (χ0v) is 9.87. The Morgan fingerprint density at radius 3 is 2.71 bits per heavy atom. The third-order valence-corrected chi connectivity index (χ3v) is 3.59. The Kier molecular flexibility index (Phi) is 2.76. The predicted molar refractivity (Wildman–Crippen MR) is 62.8 cm³/mol. The maximum Gasteiger partial charge on any atom is 0.337 e. The van der Waals surface area contributed by atoms with Crippen LogP contribution in [0, 0.1) is 3.57 Å². The minimum absolute atomic E-state index is 0.530. The van der Waals surface area contributed by atoms with E-state index in [2.05, 4.69) is 28.7 Å². The fourth-order valence-corrected chi connectivity index (χ4v) is 2.77. The Hall–Kier alpha value is -0.580. The van der Waals surface area contributed by atoms with E-state index in [0.29, 0.717) is 5.56 Å². The summed E-state index contributed by atoms with van der Waals surface area (Å²) in [4.78, 5) is 11.1. The molecule has 0 unspecified atom stereocenters. The molecule has 2 rings (SSSR count). The van der Waals surface area contributed by atoms with Crippen LogP contribution in [0.3, 0.4) is 0 Å². The second-order valence-electron chi connectivity index (χ2n) is 3.57. The molecule has 1 aliphatic rings. The molecule has 2 nitrogen and oxygen atoms in total. The lowest BCUT2D eigenvalue weighted by molar-refractivity contribution is 0.0694. The van der Waals surface area contributed by atoms with E-state index in [0.717, 1.165) is 28.4 Å². The standard InChI is InChI=1S/C11H11IO2/c12-9-6-5-7-3-1-2-4-8(7)10(9)11(13)14/h5-6H,1-4H2,(H,13,14). The van der Waals surface area contributed by atoms with Crippen LogP contribution in [-0.4, -0.2) is 11.1 Å². The zero-order chi connectivity index (χ0) is 10.1. The van der Waals surface area contributed by atoms with Gasteiger partial charge in [-0.05, 0) is 65.5 Å². The smallest absolute Gasteiger partial charge is 0.337 e. The predicted octanol–water partition coefficient (Wildman–Crippen LogP) is 2.87. The van der Waals surface area contributed by atoms with Gasteiger partial charge < -0.3 is 5.11 Å². The number of benzene rings is 1. The van der Waals surface area contributed by atoms with Crippen LogP contribution in [0.5, 0.6) is 0 Å². The quantitative estimate of drug-likeness (QED) is 0.810. The Morgan fingerprint density at radius 2 is 2.00 bits per heavy atom. The van der Waals surface area contributed by atoms with Gasteiger partial charge >= 0.3 is 5.97 Å². The van der Waals surface area contributed by atoms with Crippen LogP contribution in [0.4, 0.5) is 0 Å². The third kappa shape index (κ3) is 1.65. The fraction of sp³-hybridized carbons (Fsp3) is 0.364. The number of carboxylic acid groups (broad SMARTS) is 1. The van der Waals surface area contributed by atoms with Crippen LogP contribution in [0.15, 0.2) is 12.1 Å². The van der Waals surface area contributed by atoms with Gasteiger partial charge in [-0.25, -0.2) is 4.79 Å². The van der Waals surface area contributed by atoms with E-state index in [1.54, 1.807) is 0 Å². The first-order chi connectivity index (χ1) is 6.70. The van der Waals surface area contributed by atoms with Gasteiger partial charge in [-0.3, -0.25) is 0 Å². The molecule has 0 atom stereocenters. The normalized spacial score (nSPS) is 14.9. The topological polar surface area (TPSA) is 37.3 Å². The molecule has 1 aliphatic carbocycles. The first kappa shape index (κ1) is 9.96. The molecule has 0 fully saturated rings. The van der Waals surface area contributed by atoms with Gasteiger partial charge in [-0.1, -0.05) is 6.07 Å². The highest BCUT2D eigenvalue weighted by Crippen LogP contribution is 2.27. The average Bonchev–Trinajstić information content (AvgIpc) is 2.17. The fourth-order valence-electron chi connectivity index (χ4n) is 2.03. The monoisotopic (exact) mass is 302 g/mol. The van der Waals surface area contributed by atoms with E-state index >= 15 is 0 Å². The summed E-state index contributed by atoms with van der Waals surface area (Å²) in [7, 11) is 0. The summed E-state index contributed by atoms with van der Waals surface area (Å²) in [5.74, 6) is -0.784. The van der Waals surface area contributed by atoms with Gasteiger partial charge in [0.2, 0.25) is 0 Å². The number of aromatic carboxylic acids is 1. The Balaban J connectivity index is 2.60. The lowest BCUT2D eigenvalue weighted by Gasteiger charge is -2.18. The highest BCUT2D eigenvalue weighted by atomic mass is 127. The number of hydrogen-bond donors (Lipinski definition) is 1. The molecule has 1 aromatic rings. The molecule has 0 bridgehead atoms. The van der Waals surface area contributed by atoms with Crippen molar-refractivity contribution in [2.24, 2.45) is 0 Å². The molecule has 1 N–H and O–H groups in total. The Labute approximate surface area is 96.5 Å². The van der Waals surface area contributed by atoms with E-state index in [1.807, 2.05) is 6.07 Å². The van der Waals surface area contributed by atoms with Crippen molar-refractivity contribution in [1.29, 1.82) is 0 Å². The lowest BCUT2D eigenvalue weighted by atomic mass is 9.88. The molecule has 0 saturated heterocycles. The van der Waals surface area contributed by atoms with Crippen molar-refractivity contribution in [2.45, 2.75) is 25.7 Å². The van der Waals surface area contributed by atoms with E-state index in [1.165, 1.54) is 12.0 Å². The van der Waals surface area contributed by atoms with Crippen molar-refractivity contribution in [3.8, 4) is 0 Å². The summed E-state index contributed by atoms with van der Waals surface area (Å²) in [6, 6.07) is 3.98. The molecule has 0 heterocycles. The van der Waals surface area contributed by atoms with E-state index in [-0.39, 0.29) is 0 Å². The third-order valence-electron chi connectivity index (χ3n) is 2.70. The number of carbonyl (C=O) groups is 1. The highest BCUT2D eigenvalue weighted by Gasteiger charge is 2.19. The SMILES string of the molecule is O=C(O)c1c(I)ccc2c1CCCC2. The second kappa shape index (κ2) is 3.88. The van der Waals surface area contributed by atoms with E-state index in [9.17, 15) is 4.79 Å². The van der Waals surface area contributed by atoms with Crippen molar-refractivity contribution < 1.29 is 9.90 Å². The summed E-state index contributed by atoms with van der Waals surface area (Å²) in [6.45, 7) is 0. The first-order valence-corrected chi connectivity index (χ1v) is 5.81. The van der Waals surface area contributed by atoms with Crippen molar-refractivity contribution in [3.63, 3.8) is 0 Å². The van der Waals surface area contributed by atoms with E-state index in [4.69, 9.17) is 5.11 Å². The molecule has 3 heteroatoms. The Morgan fingerprint density at radius 1 is 1.29 bits per heavy atom. The Bertz CT molecular complexity index is 385. The number of halogens is 1. The summed E-state index contributed by atoms with van der Waals surface area (Å²) in [6.07, 6.45) is 4.26. The maximum atomic E-state index is 11.1. The highest BCUT2D eigenvalue weighted by molar-refractivity contribution is 14.1. The van der Waals surface area contributed by atoms with Gasteiger partial charge in [0, 0.05) is 3.57 Å². The number of rotatable bonds is 1. The summed E-state index contributed by atoms with van der Waals surface area (Å²) >= 11 is 2.10. The van der Waals surface area contributed by atoms with Crippen molar-refractivity contribution >= 4 is 28.6 Å². The molecule has 0 amide bonds. The molecular weight excluding hydrogens is 291 g/mol. The van der Waals surface area contributed by atoms with Crippen LogP contribution in [-0.2, 0) is 12.8 Å². The molecule has 0 saturated carbocycles. The molecule has 0 aliphatic heterocycles. The van der Waals surface area contributed by atoms with Gasteiger partial charge in [-0.2, -0.15) is 0 Å². The summed E-state index contributed by atoms with van der Waals surface area (Å²) < 4.78 is 0.857. The average molecular weight is 302 g/mol. The van der Waals surface area contributed by atoms with Crippen LogP contribution >= 0.6 is 22.6 Å². The van der Waals surface area contributed by atoms with Gasteiger partial charge in [0.1, 0.15) is 0 Å². The molecule has 0 radical (unpaired) electrons. The van der Waals surface area contributed by atoms with Gasteiger partial charge in [0.05, 0.1) is 5.56 Å². The number of aryl methyl sites for hydroxylation is 1. The van der Waals surface area contributed by atoms with E-state index < -0.39 is 5.97 Å². The van der Waals surface area contributed by atoms with Gasteiger partial charge in [-0.15, -0.1) is 0 Å². The summed E-state index contributed by atoms with van der Waals surface area (Å²) in [5.41, 5.74) is 2.83. The largest absolute Gasteiger partial charge is 0.478 e. The molecule has 1 aromatic carbocycles. The minimum atomic E-state index is -0.784. The van der Waals surface area contributed by atoms with Crippen LogP contribution in [0.25, 0.3) is 0 Å². The van der Waals surface area contributed by atoms with Crippen molar-refractivity contribution in [1.82, 2.24) is 0 Å². The van der Waals surface area contributed by atoms with Crippen LogP contribution in [0.1, 0.15) is 34.3 Å². The number of hydrogen-bond acceptors (Lipinski definition) is 1. The second-order valence-corrected chi connectivity index (χ2v) is 4.73. The van der Waals surface area contributed by atoms with Gasteiger partial charge in [0.15, 0.2) is 0 Å². The molecule has 74 valence electrons. The van der Waals surface area contributed by atoms with Crippen molar-refractivity contribution in [3.05, 3.63) is 32.4 Å². The molecule has 14 heavy (non-hydrogen) atoms. The lowest BCUT2D eigenvalue weighted by Crippen LogP contribution is -2.12. The summed E-state index contributed by atoms with van der Waals surface area (Å²) in [5, 5.41) is 9.12. The van der Waals surface area contributed by atoms with Crippen molar-refractivity contribution in [2.75, 3.05) is 0 Å². The first-order valence-electron chi connectivity index (χ1n) is 4.73. The molecule has 0 spiro atoms. The van der Waals surface area contributed by atoms with Crippen LogP contribution in [0.2, 0.25) is 0 Å². The molecular formula is C11H11IO2. The molecule has 0 aromatic heterocycles. The zero-order valence-electron chi connectivity index (χ0n) is 7.72. The minimum Gasteiger partial charge on any atom is -0.478 e. The number of fused-ring (bicyclic) bond motifs is 1. The number of carboxylic acids is 1. The van der Waals surface area contributed by atoms with Crippen LogP contribution < -0.4 is 0 Å². The van der Waals surface area contributed by atoms with Gasteiger partial charge in [0.25, 0.3) is 0 Å².